The van der Waals surface area contributed by atoms with Gasteiger partial charge in [-0.05, 0) is 70.6 Å². The van der Waals surface area contributed by atoms with Crippen molar-refractivity contribution in [3.05, 3.63) is 122 Å². The van der Waals surface area contributed by atoms with E-state index in [0.717, 1.165) is 70.6 Å². The van der Waals surface area contributed by atoms with Gasteiger partial charge in [0.15, 0.2) is 24.6 Å². The number of carbonyl (C=O) groups is 4. The second-order valence-corrected chi connectivity index (χ2v) is 19.6. The van der Waals surface area contributed by atoms with Gasteiger partial charge in [-0.1, -0.05) is 245 Å². The maximum absolute atomic E-state index is 13.1. The number of rotatable bonds is 48. The Balaban J connectivity index is 2.79. The van der Waals surface area contributed by atoms with E-state index in [1.807, 2.05) is 30.4 Å². The van der Waals surface area contributed by atoms with Crippen LogP contribution in [0.4, 0.5) is 0 Å². The third-order valence-electron chi connectivity index (χ3n) is 12.6. The summed E-state index contributed by atoms with van der Waals surface area (Å²) in [5.74, 6) is -3.46. The van der Waals surface area contributed by atoms with Gasteiger partial charge in [-0.25, -0.2) is 4.79 Å². The number of carbonyl (C=O) groups excluding carboxylic acids is 3. The minimum atomic E-state index is -1.95. The number of aliphatic hydroxyl groups is 2. The van der Waals surface area contributed by atoms with E-state index in [-0.39, 0.29) is 25.9 Å². The topological polar surface area (TPSA) is 175 Å². The first-order valence-corrected chi connectivity index (χ1v) is 29.5. The zero-order valence-corrected chi connectivity index (χ0v) is 47.7. The molecular weight excluding hydrogens is 973 g/mol. The molecular formula is C65H102O12. The first-order chi connectivity index (χ1) is 37.6. The fourth-order valence-corrected chi connectivity index (χ4v) is 8.17. The number of carboxylic acid groups (broad SMARTS) is 1. The second kappa shape index (κ2) is 51.9. The predicted molar refractivity (Wildman–Crippen MR) is 312 cm³/mol. The summed E-state index contributed by atoms with van der Waals surface area (Å²) in [5.41, 5.74) is 0. The molecule has 3 N–H and O–H groups in total. The highest BCUT2D eigenvalue weighted by Gasteiger charge is 2.50. The lowest BCUT2D eigenvalue weighted by molar-refractivity contribution is -0.301. The first-order valence-electron chi connectivity index (χ1n) is 29.5. The molecule has 1 aliphatic heterocycles. The standard InChI is InChI=1S/C65H102O12/c1-4-7-10-13-16-19-22-25-28-29-32-33-36-39-42-45-48-51-57(66)73-54-56(75-58(67)52-49-46-43-40-37-34-30-26-23-20-17-14-11-8-5-2)55-74-65-63(61(70)60(69)62(77-65)64(71)72)76-59(68)53-50-47-44-41-38-35-31-27-24-21-18-15-12-9-6-3/h8-9,11-12,17-18,20-21,26-27,30-31,37-38,40-41,46-47,49-50,56,60-63,65,69-70H,4-7,10,13-16,19,22-25,28-29,32-36,39,42-45,48,51-55H2,1-3H3,(H,71,72)/b11-8-,12-9-,20-17-,21-18-,30-26-,31-27-,40-37-,41-38-,49-46-,50-47-. The minimum Gasteiger partial charge on any atom is -0.479 e. The molecule has 0 aliphatic carbocycles. The van der Waals surface area contributed by atoms with E-state index in [1.54, 1.807) is 18.2 Å². The third-order valence-corrected chi connectivity index (χ3v) is 12.6. The molecule has 12 heteroatoms. The molecule has 0 radical (unpaired) electrons. The van der Waals surface area contributed by atoms with Crippen LogP contribution in [0.5, 0.6) is 0 Å². The second-order valence-electron chi connectivity index (χ2n) is 19.6. The summed E-state index contributed by atoms with van der Waals surface area (Å²) in [6, 6.07) is 0. The fourth-order valence-electron chi connectivity index (χ4n) is 8.17. The van der Waals surface area contributed by atoms with Gasteiger partial charge >= 0.3 is 23.9 Å². The molecule has 1 fully saturated rings. The molecule has 12 nitrogen and oxygen atoms in total. The number of unbranched alkanes of at least 4 members (excludes halogenated alkanes) is 16. The molecule has 0 amide bonds. The maximum atomic E-state index is 13.1. The number of carboxylic acids is 1. The van der Waals surface area contributed by atoms with Crippen LogP contribution in [-0.4, -0.2) is 89.2 Å². The lowest BCUT2D eigenvalue weighted by atomic mass is 9.98. The number of hydrogen-bond donors (Lipinski definition) is 3. The molecule has 1 heterocycles. The van der Waals surface area contributed by atoms with Crippen LogP contribution in [0.15, 0.2) is 122 Å². The van der Waals surface area contributed by atoms with Crippen LogP contribution in [-0.2, 0) is 42.9 Å². The highest BCUT2D eigenvalue weighted by Crippen LogP contribution is 2.26. The Labute approximate surface area is 465 Å². The van der Waals surface area contributed by atoms with Crippen LogP contribution < -0.4 is 0 Å². The van der Waals surface area contributed by atoms with Crippen molar-refractivity contribution in [3.63, 3.8) is 0 Å². The SMILES string of the molecule is CC/C=C\C/C=C\C/C=C\C/C=C\C/C=C\CC(=O)OC(COC(=O)CCCCCCCCCCCCCCCCCCC)COC1OC(C(=O)O)C(O)C(O)C1OC(=O)C/C=C\C/C=C\C/C=C\C/C=C\C/C=C\CC. The third kappa shape index (κ3) is 41.8. The van der Waals surface area contributed by atoms with E-state index in [1.165, 1.54) is 83.5 Å². The number of hydrogen-bond acceptors (Lipinski definition) is 11. The van der Waals surface area contributed by atoms with Crippen molar-refractivity contribution in [2.75, 3.05) is 13.2 Å². The van der Waals surface area contributed by atoms with E-state index in [0.29, 0.717) is 19.3 Å². The van der Waals surface area contributed by atoms with Crippen molar-refractivity contribution in [1.29, 1.82) is 0 Å². The molecule has 1 rings (SSSR count). The van der Waals surface area contributed by atoms with Crippen molar-refractivity contribution in [2.45, 2.75) is 250 Å². The molecule has 1 saturated heterocycles. The van der Waals surface area contributed by atoms with Crippen molar-refractivity contribution >= 4 is 23.9 Å². The zero-order valence-electron chi connectivity index (χ0n) is 47.7. The van der Waals surface area contributed by atoms with Gasteiger partial charge in [0.25, 0.3) is 0 Å². The summed E-state index contributed by atoms with van der Waals surface area (Å²) < 4.78 is 28.1. The van der Waals surface area contributed by atoms with Crippen LogP contribution in [0.25, 0.3) is 0 Å². The van der Waals surface area contributed by atoms with Gasteiger partial charge in [0, 0.05) is 6.42 Å². The lowest BCUT2D eigenvalue weighted by Crippen LogP contribution is -2.61. The number of aliphatic carboxylic acids is 1. The van der Waals surface area contributed by atoms with Crippen LogP contribution >= 0.6 is 0 Å². The largest absolute Gasteiger partial charge is 0.479 e. The molecule has 0 bridgehead atoms. The van der Waals surface area contributed by atoms with Crippen molar-refractivity contribution < 1.29 is 58.2 Å². The Morgan fingerprint density at radius 3 is 1.19 bits per heavy atom. The number of aliphatic hydroxyl groups excluding tert-OH is 2. The average Bonchev–Trinajstić information content (AvgIpc) is 3.43. The van der Waals surface area contributed by atoms with Gasteiger partial charge in [0.1, 0.15) is 18.8 Å². The summed E-state index contributed by atoms with van der Waals surface area (Å²) in [4.78, 5) is 51.0. The number of allylic oxidation sites excluding steroid dienone is 18. The average molecular weight is 1080 g/mol. The van der Waals surface area contributed by atoms with Crippen molar-refractivity contribution in [1.82, 2.24) is 0 Å². The minimum absolute atomic E-state index is 0.0841. The van der Waals surface area contributed by atoms with E-state index in [2.05, 4.69) is 93.7 Å². The monoisotopic (exact) mass is 1070 g/mol. The smallest absolute Gasteiger partial charge is 0.335 e. The summed E-state index contributed by atoms with van der Waals surface area (Å²) in [6.45, 7) is 5.63. The molecule has 434 valence electrons. The first kappa shape index (κ1) is 70.1. The Kier molecular flexibility index (Phi) is 47.2. The van der Waals surface area contributed by atoms with Crippen LogP contribution in [0.1, 0.15) is 213 Å². The van der Waals surface area contributed by atoms with E-state index >= 15 is 0 Å². The Morgan fingerprint density at radius 2 is 0.805 bits per heavy atom. The molecule has 0 aromatic carbocycles. The van der Waals surface area contributed by atoms with Crippen LogP contribution in [0.2, 0.25) is 0 Å². The van der Waals surface area contributed by atoms with Gasteiger partial charge in [0.05, 0.1) is 19.4 Å². The summed E-state index contributed by atoms with van der Waals surface area (Å²) >= 11 is 0. The van der Waals surface area contributed by atoms with E-state index in [9.17, 15) is 34.5 Å². The molecule has 0 aromatic rings. The highest BCUT2D eigenvalue weighted by atomic mass is 16.7. The van der Waals surface area contributed by atoms with Gasteiger partial charge in [-0.15, -0.1) is 0 Å². The molecule has 6 atom stereocenters. The lowest BCUT2D eigenvalue weighted by Gasteiger charge is -2.40. The van der Waals surface area contributed by atoms with Gasteiger partial charge in [-0.2, -0.15) is 0 Å². The predicted octanol–water partition coefficient (Wildman–Crippen LogP) is 15.2. The molecule has 0 spiro atoms. The molecule has 1 aliphatic rings. The van der Waals surface area contributed by atoms with Crippen molar-refractivity contribution in [3.8, 4) is 0 Å². The van der Waals surface area contributed by atoms with Crippen molar-refractivity contribution in [2.24, 2.45) is 0 Å². The maximum Gasteiger partial charge on any atom is 0.335 e. The molecule has 77 heavy (non-hydrogen) atoms. The molecule has 0 saturated carbocycles. The zero-order chi connectivity index (χ0) is 56.1. The Bertz CT molecular complexity index is 1800. The summed E-state index contributed by atoms with van der Waals surface area (Å²) in [5, 5.41) is 31.4. The number of esters is 3. The normalized spacial score (nSPS) is 18.9. The Hall–Kier alpha value is -4.88. The van der Waals surface area contributed by atoms with Gasteiger partial charge in [0.2, 0.25) is 0 Å². The quantitative estimate of drug-likeness (QED) is 0.0228. The number of ether oxygens (including phenoxy) is 5. The fraction of sp³-hybridized carbons (Fsp3) is 0.631. The highest BCUT2D eigenvalue weighted by molar-refractivity contribution is 5.74. The van der Waals surface area contributed by atoms with Gasteiger partial charge in [-0.3, -0.25) is 14.4 Å². The van der Waals surface area contributed by atoms with Crippen LogP contribution in [0.3, 0.4) is 0 Å². The summed E-state index contributed by atoms with van der Waals surface area (Å²) in [7, 11) is 0. The van der Waals surface area contributed by atoms with Crippen LogP contribution in [0, 0.1) is 0 Å². The van der Waals surface area contributed by atoms with E-state index in [4.69, 9.17) is 23.7 Å². The van der Waals surface area contributed by atoms with E-state index < -0.39 is 67.3 Å². The Morgan fingerprint density at radius 1 is 0.442 bits per heavy atom. The van der Waals surface area contributed by atoms with Gasteiger partial charge < -0.3 is 39.0 Å². The summed E-state index contributed by atoms with van der Waals surface area (Å²) in [6.07, 6.45) is 59.4. The molecule has 0 aromatic heterocycles. The molecule has 6 unspecified atom stereocenters.